The highest BCUT2D eigenvalue weighted by molar-refractivity contribution is 6.35. The third kappa shape index (κ3) is 8.94. The first-order valence-electron chi connectivity index (χ1n) is 16.0. The topological polar surface area (TPSA) is 129 Å². The van der Waals surface area contributed by atoms with Crippen LogP contribution in [0.15, 0.2) is 48.9 Å². The van der Waals surface area contributed by atoms with Crippen LogP contribution in [-0.4, -0.2) is 50.5 Å². The van der Waals surface area contributed by atoms with Gasteiger partial charge in [-0.25, -0.2) is 14.5 Å². The van der Waals surface area contributed by atoms with Gasteiger partial charge in [-0.05, 0) is 82.7 Å². The summed E-state index contributed by atoms with van der Waals surface area (Å²) in [5, 5.41) is 12.3. The number of nitrogens with one attached hydrogen (secondary N) is 2. The summed E-state index contributed by atoms with van der Waals surface area (Å²) in [5.74, 6) is 0.800. The molecule has 3 aromatic heterocycles. The fraction of sp³-hybridized carbons (Fsp3) is 0.457. The Hall–Kier alpha value is -3.93. The molecule has 4 aromatic rings. The van der Waals surface area contributed by atoms with E-state index in [9.17, 15) is 9.59 Å². The number of alkyl carbamates (subject to hydrolysis) is 1. The average Bonchev–Trinajstić information content (AvgIpc) is 3.38. The Kier molecular flexibility index (Phi) is 10.8. The second-order valence-corrected chi connectivity index (χ2v) is 14.6. The molecule has 1 saturated heterocycles. The summed E-state index contributed by atoms with van der Waals surface area (Å²) in [6, 6.07) is 9.44. The minimum absolute atomic E-state index is 0.166. The lowest BCUT2D eigenvalue weighted by Crippen LogP contribution is -2.39. The summed E-state index contributed by atoms with van der Waals surface area (Å²) >= 11 is 12.8. The van der Waals surface area contributed by atoms with Crippen LogP contribution in [0.5, 0.6) is 5.75 Å². The average molecular weight is 698 g/mol. The van der Waals surface area contributed by atoms with Crippen molar-refractivity contribution in [3.05, 3.63) is 64.5 Å². The van der Waals surface area contributed by atoms with E-state index in [0.717, 1.165) is 35.7 Å². The number of carbonyl (C=O) groups is 2. The van der Waals surface area contributed by atoms with Crippen molar-refractivity contribution < 1.29 is 23.8 Å². The molecule has 13 heteroatoms. The standard InChI is InChI=1S/C35H42Cl2N6O5/c1-21(31-25(36)18-38-19-26(31)37)47-23-11-12-27-24(15-23)32(42-43(27)30-9-7-8-14-46-30)22-10-13-28(39-17-22)41-29(44)16-35(5,6)20-40-33(45)48-34(2,3)4/h10-13,15,17-19,21,30H,7-9,14,16,20H2,1-6H3,(H,40,45)(H,39,41,44)/t21-,30?/m1/s1. The third-order valence-electron chi connectivity index (χ3n) is 7.77. The Morgan fingerprint density at radius 1 is 1.06 bits per heavy atom. The van der Waals surface area contributed by atoms with Crippen LogP contribution in [0.25, 0.3) is 22.2 Å². The number of hydrogen-bond acceptors (Lipinski definition) is 8. The number of halogens is 2. The molecule has 4 heterocycles. The van der Waals surface area contributed by atoms with E-state index in [2.05, 4.69) is 20.6 Å². The van der Waals surface area contributed by atoms with Gasteiger partial charge in [0.2, 0.25) is 5.91 Å². The van der Waals surface area contributed by atoms with Gasteiger partial charge in [-0.15, -0.1) is 0 Å². The molecule has 0 radical (unpaired) electrons. The van der Waals surface area contributed by atoms with Crippen molar-refractivity contribution in [2.75, 3.05) is 18.5 Å². The van der Waals surface area contributed by atoms with Crippen molar-refractivity contribution in [3.8, 4) is 17.0 Å². The minimum Gasteiger partial charge on any atom is -0.486 e. The van der Waals surface area contributed by atoms with Crippen LogP contribution in [0.1, 0.15) is 85.1 Å². The summed E-state index contributed by atoms with van der Waals surface area (Å²) in [4.78, 5) is 33.6. The van der Waals surface area contributed by atoms with Crippen molar-refractivity contribution in [2.24, 2.45) is 5.41 Å². The molecule has 1 aliphatic rings. The van der Waals surface area contributed by atoms with Gasteiger partial charge in [0.1, 0.15) is 29.0 Å². The second kappa shape index (κ2) is 14.7. The van der Waals surface area contributed by atoms with Gasteiger partial charge in [0.25, 0.3) is 0 Å². The number of nitrogens with zero attached hydrogens (tertiary/aromatic N) is 4. The van der Waals surface area contributed by atoms with Crippen LogP contribution in [-0.2, 0) is 14.3 Å². The summed E-state index contributed by atoms with van der Waals surface area (Å²) < 4.78 is 19.6. The van der Waals surface area contributed by atoms with Gasteiger partial charge in [-0.3, -0.25) is 9.78 Å². The smallest absolute Gasteiger partial charge is 0.407 e. The predicted molar refractivity (Wildman–Crippen MR) is 186 cm³/mol. The third-order valence-corrected chi connectivity index (χ3v) is 8.37. The van der Waals surface area contributed by atoms with E-state index in [4.69, 9.17) is 42.5 Å². The number of ether oxygens (including phenoxy) is 3. The lowest BCUT2D eigenvalue weighted by molar-refractivity contribution is -0.118. The molecule has 2 atom stereocenters. The number of fused-ring (bicyclic) bond motifs is 1. The van der Waals surface area contributed by atoms with E-state index < -0.39 is 23.2 Å². The Bertz CT molecular complexity index is 1740. The number of anilines is 1. The molecule has 1 unspecified atom stereocenters. The molecule has 256 valence electrons. The highest BCUT2D eigenvalue weighted by Gasteiger charge is 2.26. The van der Waals surface area contributed by atoms with Gasteiger partial charge >= 0.3 is 6.09 Å². The van der Waals surface area contributed by atoms with Gasteiger partial charge in [0, 0.05) is 54.7 Å². The monoisotopic (exact) mass is 696 g/mol. The fourth-order valence-corrected chi connectivity index (χ4v) is 6.21. The molecule has 5 rings (SSSR count). The molecule has 0 aliphatic carbocycles. The number of pyridine rings is 2. The molecule has 2 amide bonds. The Morgan fingerprint density at radius 3 is 2.46 bits per heavy atom. The van der Waals surface area contributed by atoms with Crippen molar-refractivity contribution in [1.82, 2.24) is 25.1 Å². The zero-order valence-electron chi connectivity index (χ0n) is 28.1. The summed E-state index contributed by atoms with van der Waals surface area (Å²) in [6.07, 6.45) is 6.73. The molecule has 0 saturated carbocycles. The summed E-state index contributed by atoms with van der Waals surface area (Å²) in [6.45, 7) is 12.0. The second-order valence-electron chi connectivity index (χ2n) is 13.7. The largest absolute Gasteiger partial charge is 0.486 e. The summed E-state index contributed by atoms with van der Waals surface area (Å²) in [5.41, 5.74) is 1.91. The molecule has 0 bridgehead atoms. The molecular formula is C35H42Cl2N6O5. The Labute approximate surface area is 290 Å². The SMILES string of the molecule is C[C@@H](Oc1ccc2c(c1)c(-c1ccc(NC(=O)CC(C)(C)CNC(=O)OC(C)(C)C)nc1)nn2C1CCCCO1)c1c(Cl)cncc1Cl. The van der Waals surface area contributed by atoms with E-state index in [1.165, 1.54) is 0 Å². The zero-order valence-corrected chi connectivity index (χ0v) is 29.6. The molecule has 1 fully saturated rings. The maximum Gasteiger partial charge on any atom is 0.407 e. The lowest BCUT2D eigenvalue weighted by atomic mass is 9.89. The van der Waals surface area contributed by atoms with Gasteiger partial charge in [-0.2, -0.15) is 5.10 Å². The highest BCUT2D eigenvalue weighted by atomic mass is 35.5. The fourth-order valence-electron chi connectivity index (χ4n) is 5.53. The molecule has 0 spiro atoms. The van der Waals surface area contributed by atoms with Gasteiger partial charge in [-0.1, -0.05) is 37.0 Å². The van der Waals surface area contributed by atoms with Crippen molar-refractivity contribution >= 4 is 51.9 Å². The maximum absolute atomic E-state index is 12.9. The first-order valence-corrected chi connectivity index (χ1v) is 16.8. The maximum atomic E-state index is 12.9. The van der Waals surface area contributed by atoms with E-state index in [1.54, 1.807) is 45.4 Å². The molecule has 1 aliphatic heterocycles. The number of rotatable bonds is 10. The number of aromatic nitrogens is 4. The number of amides is 2. The van der Waals surface area contributed by atoms with E-state index in [0.29, 0.717) is 39.5 Å². The van der Waals surface area contributed by atoms with Crippen LogP contribution in [0.2, 0.25) is 10.0 Å². The molecular weight excluding hydrogens is 655 g/mol. The number of carbonyl (C=O) groups excluding carboxylic acids is 2. The lowest BCUT2D eigenvalue weighted by Gasteiger charge is -2.26. The minimum atomic E-state index is -0.601. The molecule has 11 nitrogen and oxygen atoms in total. The van der Waals surface area contributed by atoms with Crippen LogP contribution >= 0.6 is 23.2 Å². The molecule has 1 aromatic carbocycles. The van der Waals surface area contributed by atoms with Gasteiger partial charge in [0.15, 0.2) is 6.23 Å². The van der Waals surface area contributed by atoms with Crippen LogP contribution in [0.4, 0.5) is 10.6 Å². The van der Waals surface area contributed by atoms with Crippen LogP contribution in [0, 0.1) is 5.41 Å². The van der Waals surface area contributed by atoms with Crippen molar-refractivity contribution in [1.29, 1.82) is 0 Å². The number of benzene rings is 1. The molecule has 2 N–H and O–H groups in total. The molecule has 48 heavy (non-hydrogen) atoms. The van der Waals surface area contributed by atoms with Crippen molar-refractivity contribution in [2.45, 2.75) is 85.2 Å². The van der Waals surface area contributed by atoms with Crippen molar-refractivity contribution in [3.63, 3.8) is 0 Å². The normalized spacial score (nSPS) is 16.0. The van der Waals surface area contributed by atoms with Gasteiger partial charge in [0.05, 0.1) is 15.6 Å². The first-order chi connectivity index (χ1) is 22.7. The Balaban J connectivity index is 1.34. The first kappa shape index (κ1) is 35.4. The highest BCUT2D eigenvalue weighted by Crippen LogP contribution is 2.37. The van der Waals surface area contributed by atoms with Gasteiger partial charge < -0.3 is 24.8 Å². The van der Waals surface area contributed by atoms with E-state index >= 15 is 0 Å². The number of hydrogen-bond donors (Lipinski definition) is 2. The quantitative estimate of drug-likeness (QED) is 0.169. The van der Waals surface area contributed by atoms with E-state index in [-0.39, 0.29) is 25.1 Å². The predicted octanol–water partition coefficient (Wildman–Crippen LogP) is 8.52. The van der Waals surface area contributed by atoms with Crippen LogP contribution < -0.4 is 15.4 Å². The zero-order chi connectivity index (χ0) is 34.6. The van der Waals surface area contributed by atoms with Crippen LogP contribution in [0.3, 0.4) is 0 Å². The Morgan fingerprint density at radius 2 is 1.81 bits per heavy atom. The van der Waals surface area contributed by atoms with E-state index in [1.807, 2.05) is 49.7 Å². The summed E-state index contributed by atoms with van der Waals surface area (Å²) in [7, 11) is 0.